The molecule has 2 rings (SSSR count). The van der Waals surface area contributed by atoms with E-state index >= 15 is 0 Å². The van der Waals surface area contributed by atoms with Crippen LogP contribution in [0.3, 0.4) is 0 Å². The number of pyridine rings is 1. The van der Waals surface area contributed by atoms with E-state index in [-0.39, 0.29) is 5.97 Å². The molecule has 0 N–H and O–H groups in total. The van der Waals surface area contributed by atoms with Crippen molar-refractivity contribution in [2.75, 3.05) is 0 Å². The second-order valence-corrected chi connectivity index (χ2v) is 6.34. The molecule has 0 atom stereocenters. The Labute approximate surface area is 123 Å². The van der Waals surface area contributed by atoms with Gasteiger partial charge in [0.05, 0.1) is 5.52 Å². The molecule has 0 saturated heterocycles. The maximum absolute atomic E-state index is 12.4. The van der Waals surface area contributed by atoms with Gasteiger partial charge in [0, 0.05) is 18.1 Å². The first-order chi connectivity index (χ1) is 9.11. The largest absolute Gasteiger partial charge is 0.455 e. The third-order valence-electron chi connectivity index (χ3n) is 3.10. The zero-order chi connectivity index (χ0) is 15.2. The Kier molecular flexibility index (Phi) is 3.54. The summed E-state index contributed by atoms with van der Waals surface area (Å²) in [7, 11) is 1.84. The van der Waals surface area contributed by atoms with Gasteiger partial charge in [0.2, 0.25) is 0 Å². The predicted octanol–water partition coefficient (Wildman–Crippen LogP) is 3.80. The summed E-state index contributed by atoms with van der Waals surface area (Å²) in [6.45, 7) is 9.29. The summed E-state index contributed by atoms with van der Waals surface area (Å²) < 4.78 is 7.28. The summed E-state index contributed by atoms with van der Waals surface area (Å²) in [5.74, 6) is -0.345. The quantitative estimate of drug-likeness (QED) is 0.593. The highest BCUT2D eigenvalue weighted by molar-refractivity contribution is 6.34. The number of rotatable bonds is 1. The molecule has 0 radical (unpaired) electrons. The second-order valence-electron chi connectivity index (χ2n) is 5.98. The van der Waals surface area contributed by atoms with Crippen molar-refractivity contribution in [3.8, 4) is 0 Å². The van der Waals surface area contributed by atoms with Crippen molar-refractivity contribution in [3.63, 3.8) is 0 Å². The molecule has 20 heavy (non-hydrogen) atoms. The van der Waals surface area contributed by atoms with E-state index in [1.807, 2.05) is 52.3 Å². The summed E-state index contributed by atoms with van der Waals surface area (Å²) in [5.41, 5.74) is 2.50. The van der Waals surface area contributed by atoms with Gasteiger partial charge in [0.15, 0.2) is 0 Å². The van der Waals surface area contributed by atoms with Crippen LogP contribution in [-0.2, 0) is 11.8 Å². The first-order valence-electron chi connectivity index (χ1n) is 6.47. The lowest BCUT2D eigenvalue weighted by Gasteiger charge is -2.20. The van der Waals surface area contributed by atoms with Gasteiger partial charge in [-0.05, 0) is 46.2 Å². The summed E-state index contributed by atoms with van der Waals surface area (Å²) >= 11 is 6.21. The number of aryl methyl sites for hydroxylation is 3. The number of ether oxygens (including phenoxy) is 1. The molecule has 2 aromatic rings. The molecule has 2 aromatic heterocycles. The van der Waals surface area contributed by atoms with E-state index in [1.165, 1.54) is 0 Å². The zero-order valence-corrected chi connectivity index (χ0v) is 13.4. The summed E-state index contributed by atoms with van der Waals surface area (Å²) in [4.78, 5) is 16.6. The maximum Gasteiger partial charge on any atom is 0.355 e. The fourth-order valence-electron chi connectivity index (χ4n) is 2.34. The smallest absolute Gasteiger partial charge is 0.355 e. The Morgan fingerprint density at radius 2 is 1.95 bits per heavy atom. The lowest BCUT2D eigenvalue weighted by atomic mass is 10.1. The van der Waals surface area contributed by atoms with Gasteiger partial charge in [-0.1, -0.05) is 11.6 Å². The number of hydrogen-bond donors (Lipinski definition) is 0. The molecule has 5 heteroatoms. The predicted molar refractivity (Wildman–Crippen MR) is 80.4 cm³/mol. The van der Waals surface area contributed by atoms with Gasteiger partial charge in [-0.2, -0.15) is 0 Å². The molecule has 108 valence electrons. The molecule has 0 unspecified atom stereocenters. The van der Waals surface area contributed by atoms with E-state index < -0.39 is 5.60 Å². The molecule has 0 bridgehead atoms. The third-order valence-corrected chi connectivity index (χ3v) is 3.38. The second kappa shape index (κ2) is 4.77. The van der Waals surface area contributed by atoms with Gasteiger partial charge in [0.1, 0.15) is 16.4 Å². The van der Waals surface area contributed by atoms with E-state index in [0.717, 1.165) is 22.2 Å². The van der Waals surface area contributed by atoms with Gasteiger partial charge in [-0.25, -0.2) is 9.78 Å². The van der Waals surface area contributed by atoms with Gasteiger partial charge >= 0.3 is 5.97 Å². The van der Waals surface area contributed by atoms with Crippen LogP contribution in [0.2, 0.25) is 5.15 Å². The molecule has 2 heterocycles. The van der Waals surface area contributed by atoms with Gasteiger partial charge < -0.3 is 9.30 Å². The lowest BCUT2D eigenvalue weighted by molar-refractivity contribution is 0.00587. The van der Waals surface area contributed by atoms with E-state index in [4.69, 9.17) is 16.3 Å². The molecule has 0 aliphatic rings. The average molecular weight is 295 g/mol. The van der Waals surface area contributed by atoms with Crippen LogP contribution in [0.4, 0.5) is 0 Å². The Bertz CT molecular complexity index is 696. The Morgan fingerprint density at radius 3 is 2.50 bits per heavy atom. The van der Waals surface area contributed by atoms with Gasteiger partial charge in [0.25, 0.3) is 0 Å². The van der Waals surface area contributed by atoms with E-state index in [1.54, 1.807) is 0 Å². The number of carbonyl (C=O) groups is 1. The Morgan fingerprint density at radius 1 is 1.35 bits per heavy atom. The minimum Gasteiger partial charge on any atom is -0.455 e. The standard InChI is InChI=1S/C15H19ClN2O2/c1-8-7-10-11(13(16)17-8)9(2)12(18(10)6)14(19)20-15(3,4)5/h7H,1-6H3. The number of esters is 1. The highest BCUT2D eigenvalue weighted by Gasteiger charge is 2.25. The van der Waals surface area contributed by atoms with Crippen molar-refractivity contribution in [1.82, 2.24) is 9.55 Å². The van der Waals surface area contributed by atoms with Crippen molar-refractivity contribution < 1.29 is 9.53 Å². The van der Waals surface area contributed by atoms with Crippen LogP contribution in [0.25, 0.3) is 10.9 Å². The number of hydrogen-bond acceptors (Lipinski definition) is 3. The van der Waals surface area contributed by atoms with Crippen LogP contribution < -0.4 is 0 Å². The van der Waals surface area contributed by atoms with Crippen LogP contribution in [0.15, 0.2) is 6.07 Å². The number of aromatic nitrogens is 2. The zero-order valence-electron chi connectivity index (χ0n) is 12.7. The molecule has 0 fully saturated rings. The maximum atomic E-state index is 12.4. The molecule has 0 saturated carbocycles. The Hall–Kier alpha value is -1.55. The summed E-state index contributed by atoms with van der Waals surface area (Å²) in [6, 6.07) is 1.92. The fourth-order valence-corrected chi connectivity index (χ4v) is 2.71. The van der Waals surface area contributed by atoms with Crippen LogP contribution in [0, 0.1) is 13.8 Å². The van der Waals surface area contributed by atoms with Crippen molar-refractivity contribution in [1.29, 1.82) is 0 Å². The van der Waals surface area contributed by atoms with Crippen LogP contribution in [-0.4, -0.2) is 21.1 Å². The highest BCUT2D eigenvalue weighted by atomic mass is 35.5. The minimum absolute atomic E-state index is 0.345. The van der Waals surface area contributed by atoms with Crippen LogP contribution >= 0.6 is 11.6 Å². The normalized spacial score (nSPS) is 11.9. The lowest BCUT2D eigenvalue weighted by Crippen LogP contribution is -2.25. The van der Waals surface area contributed by atoms with E-state index in [0.29, 0.717) is 10.8 Å². The highest BCUT2D eigenvalue weighted by Crippen LogP contribution is 2.31. The topological polar surface area (TPSA) is 44.1 Å². The number of fused-ring (bicyclic) bond motifs is 1. The fraction of sp³-hybridized carbons (Fsp3) is 0.467. The molecule has 0 aromatic carbocycles. The van der Waals surface area contributed by atoms with Crippen molar-refractivity contribution in [2.45, 2.75) is 40.2 Å². The number of carbonyl (C=O) groups excluding carboxylic acids is 1. The van der Waals surface area contributed by atoms with Crippen LogP contribution in [0.1, 0.15) is 42.5 Å². The first kappa shape index (κ1) is 14.9. The molecule has 0 aliphatic heterocycles. The minimum atomic E-state index is -0.530. The molecule has 0 aliphatic carbocycles. The SMILES string of the molecule is Cc1cc2c(c(Cl)n1)c(C)c(C(=O)OC(C)(C)C)n2C. The molecule has 0 spiro atoms. The van der Waals surface area contributed by atoms with Gasteiger partial charge in [-0.15, -0.1) is 0 Å². The Balaban J connectivity index is 2.67. The molecular weight excluding hydrogens is 276 g/mol. The first-order valence-corrected chi connectivity index (χ1v) is 6.85. The molecular formula is C15H19ClN2O2. The summed E-state index contributed by atoms with van der Waals surface area (Å²) in [6.07, 6.45) is 0. The number of halogens is 1. The van der Waals surface area contributed by atoms with Crippen LogP contribution in [0.5, 0.6) is 0 Å². The molecule has 4 nitrogen and oxygen atoms in total. The third kappa shape index (κ3) is 2.52. The molecule has 0 amide bonds. The van der Waals surface area contributed by atoms with E-state index in [2.05, 4.69) is 4.98 Å². The van der Waals surface area contributed by atoms with E-state index in [9.17, 15) is 4.79 Å². The van der Waals surface area contributed by atoms with Crippen molar-refractivity contribution in [3.05, 3.63) is 28.2 Å². The summed E-state index contributed by atoms with van der Waals surface area (Å²) in [5, 5.41) is 1.23. The van der Waals surface area contributed by atoms with Gasteiger partial charge in [-0.3, -0.25) is 0 Å². The van der Waals surface area contributed by atoms with Crippen molar-refractivity contribution >= 4 is 28.5 Å². The average Bonchev–Trinajstić information content (AvgIpc) is 2.48. The monoisotopic (exact) mass is 294 g/mol. The van der Waals surface area contributed by atoms with Crippen molar-refractivity contribution in [2.24, 2.45) is 7.05 Å². The number of nitrogens with zero attached hydrogens (tertiary/aromatic N) is 2.